The fourth-order valence-corrected chi connectivity index (χ4v) is 5.66. The molecule has 3 heteroatoms. The summed E-state index contributed by atoms with van der Waals surface area (Å²) in [6.07, 6.45) is 15.3. The predicted octanol–water partition coefficient (Wildman–Crippen LogP) is 6.81. The summed E-state index contributed by atoms with van der Waals surface area (Å²) in [4.78, 5) is 0. The van der Waals surface area contributed by atoms with Crippen molar-refractivity contribution in [3.63, 3.8) is 0 Å². The SMILES string of the molecule is CCCC/C=C(\C)CCCC(C)(O)CCCC1(C)CCC2CC(O)C(C)C(C)C2O1. The molecule has 0 radical (unpaired) electrons. The molecular weight excluding hydrogens is 372 g/mol. The third kappa shape index (κ3) is 7.64. The summed E-state index contributed by atoms with van der Waals surface area (Å²) in [5, 5.41) is 21.2. The van der Waals surface area contributed by atoms with Crippen molar-refractivity contribution in [2.24, 2.45) is 17.8 Å². The van der Waals surface area contributed by atoms with E-state index in [0.717, 1.165) is 57.8 Å². The molecule has 1 saturated carbocycles. The lowest BCUT2D eigenvalue weighted by Crippen LogP contribution is -2.52. The first-order valence-corrected chi connectivity index (χ1v) is 12.8. The number of aliphatic hydroxyl groups excluding tert-OH is 1. The van der Waals surface area contributed by atoms with Crippen molar-refractivity contribution >= 4 is 0 Å². The van der Waals surface area contributed by atoms with E-state index in [2.05, 4.69) is 40.7 Å². The fourth-order valence-electron chi connectivity index (χ4n) is 5.66. The summed E-state index contributed by atoms with van der Waals surface area (Å²) in [5.41, 5.74) is 0.818. The number of rotatable bonds is 11. The van der Waals surface area contributed by atoms with Crippen molar-refractivity contribution in [3.8, 4) is 0 Å². The first-order valence-electron chi connectivity index (χ1n) is 12.8. The van der Waals surface area contributed by atoms with E-state index in [0.29, 0.717) is 17.8 Å². The molecule has 1 heterocycles. The average molecular weight is 423 g/mol. The van der Waals surface area contributed by atoms with Gasteiger partial charge in [0.25, 0.3) is 0 Å². The molecule has 0 bridgehead atoms. The lowest BCUT2D eigenvalue weighted by atomic mass is 9.67. The van der Waals surface area contributed by atoms with Gasteiger partial charge < -0.3 is 14.9 Å². The highest BCUT2D eigenvalue weighted by molar-refractivity contribution is 4.98. The van der Waals surface area contributed by atoms with E-state index in [4.69, 9.17) is 4.74 Å². The molecule has 2 rings (SSSR count). The van der Waals surface area contributed by atoms with Gasteiger partial charge in [-0.15, -0.1) is 0 Å². The van der Waals surface area contributed by atoms with Crippen molar-refractivity contribution in [3.05, 3.63) is 11.6 Å². The Morgan fingerprint density at radius 1 is 1.17 bits per heavy atom. The Balaban J connectivity index is 1.73. The third-order valence-electron chi connectivity index (χ3n) is 8.19. The second-order valence-corrected chi connectivity index (χ2v) is 11.2. The van der Waals surface area contributed by atoms with Gasteiger partial charge in [0.15, 0.2) is 0 Å². The lowest BCUT2D eigenvalue weighted by molar-refractivity contribution is -0.200. The van der Waals surface area contributed by atoms with Gasteiger partial charge in [0.2, 0.25) is 0 Å². The van der Waals surface area contributed by atoms with Crippen LogP contribution in [0.2, 0.25) is 0 Å². The molecule has 0 aromatic heterocycles. The topological polar surface area (TPSA) is 49.7 Å². The van der Waals surface area contributed by atoms with Gasteiger partial charge in [-0.2, -0.15) is 0 Å². The molecule has 2 N–H and O–H groups in total. The van der Waals surface area contributed by atoms with E-state index in [1.54, 1.807) is 0 Å². The van der Waals surface area contributed by atoms with Crippen molar-refractivity contribution in [2.75, 3.05) is 0 Å². The first kappa shape index (κ1) is 25.9. The van der Waals surface area contributed by atoms with Crippen molar-refractivity contribution in [2.45, 2.75) is 142 Å². The Kier molecular flexibility index (Phi) is 9.90. The second kappa shape index (κ2) is 11.5. The first-order chi connectivity index (χ1) is 14.1. The van der Waals surface area contributed by atoms with Crippen LogP contribution in [-0.2, 0) is 4.74 Å². The minimum atomic E-state index is -0.575. The van der Waals surface area contributed by atoms with Crippen LogP contribution < -0.4 is 0 Å². The Labute approximate surface area is 186 Å². The fraction of sp³-hybridized carbons (Fsp3) is 0.926. The average Bonchev–Trinajstić information content (AvgIpc) is 2.67. The maximum atomic E-state index is 10.9. The Hall–Kier alpha value is -0.380. The number of hydrogen-bond acceptors (Lipinski definition) is 3. The van der Waals surface area contributed by atoms with Crippen LogP contribution in [-0.4, -0.2) is 33.6 Å². The van der Waals surface area contributed by atoms with Gasteiger partial charge in [0.05, 0.1) is 23.4 Å². The molecule has 0 spiro atoms. The normalized spacial score (nSPS) is 36.9. The third-order valence-corrected chi connectivity index (χ3v) is 8.19. The van der Waals surface area contributed by atoms with Gasteiger partial charge in [-0.1, -0.05) is 45.3 Å². The summed E-state index contributed by atoms with van der Waals surface area (Å²) in [6, 6.07) is 0. The minimum absolute atomic E-state index is 0.0773. The van der Waals surface area contributed by atoms with Crippen LogP contribution in [0.4, 0.5) is 0 Å². The summed E-state index contributed by atoms with van der Waals surface area (Å²) in [7, 11) is 0. The highest BCUT2D eigenvalue weighted by Gasteiger charge is 2.46. The smallest absolute Gasteiger partial charge is 0.0658 e. The second-order valence-electron chi connectivity index (χ2n) is 11.2. The van der Waals surface area contributed by atoms with E-state index in [-0.39, 0.29) is 17.8 Å². The molecule has 0 aromatic carbocycles. The molecule has 1 aliphatic carbocycles. The predicted molar refractivity (Wildman–Crippen MR) is 127 cm³/mol. The van der Waals surface area contributed by atoms with Crippen LogP contribution in [0, 0.1) is 17.8 Å². The molecule has 1 saturated heterocycles. The molecule has 3 nitrogen and oxygen atoms in total. The van der Waals surface area contributed by atoms with Gasteiger partial charge >= 0.3 is 0 Å². The highest BCUT2D eigenvalue weighted by Crippen LogP contribution is 2.46. The van der Waals surface area contributed by atoms with Crippen molar-refractivity contribution in [1.82, 2.24) is 0 Å². The highest BCUT2D eigenvalue weighted by atomic mass is 16.5. The molecule has 2 fully saturated rings. The largest absolute Gasteiger partial charge is 0.393 e. The van der Waals surface area contributed by atoms with E-state index in [1.165, 1.54) is 24.8 Å². The van der Waals surface area contributed by atoms with Gasteiger partial charge in [-0.25, -0.2) is 0 Å². The number of allylic oxidation sites excluding steroid dienone is 2. The standard InChI is InChI=1S/C27H50O3/c1-7-8-9-12-20(2)13-10-15-26(5,29)16-11-17-27(6)18-14-23-19-24(28)21(3)22(4)25(23)30-27/h12,21-25,28-29H,7-11,13-19H2,1-6H3/b20-12+. The summed E-state index contributed by atoms with van der Waals surface area (Å²) in [6.45, 7) is 13.2. The maximum absolute atomic E-state index is 10.9. The molecule has 7 unspecified atom stereocenters. The minimum Gasteiger partial charge on any atom is -0.393 e. The molecule has 0 amide bonds. The Morgan fingerprint density at radius 2 is 1.87 bits per heavy atom. The van der Waals surface area contributed by atoms with Crippen LogP contribution in [0.25, 0.3) is 0 Å². The van der Waals surface area contributed by atoms with E-state index < -0.39 is 5.60 Å². The summed E-state index contributed by atoms with van der Waals surface area (Å²) < 4.78 is 6.68. The maximum Gasteiger partial charge on any atom is 0.0658 e. The molecule has 176 valence electrons. The van der Waals surface area contributed by atoms with Crippen molar-refractivity contribution < 1.29 is 14.9 Å². The molecule has 2 aliphatic rings. The Bertz CT molecular complexity index is 538. The molecule has 1 aliphatic heterocycles. The zero-order valence-electron chi connectivity index (χ0n) is 20.8. The lowest BCUT2D eigenvalue weighted by Gasteiger charge is -2.51. The number of hydrogen-bond donors (Lipinski definition) is 2. The molecule has 7 atom stereocenters. The van der Waals surface area contributed by atoms with Gasteiger partial charge in [-0.3, -0.25) is 0 Å². The molecular formula is C27H50O3. The van der Waals surface area contributed by atoms with Crippen LogP contribution in [0.1, 0.15) is 119 Å². The number of unbranched alkanes of at least 4 members (excludes halogenated alkanes) is 2. The summed E-state index contributed by atoms with van der Waals surface area (Å²) in [5.74, 6) is 1.24. The van der Waals surface area contributed by atoms with Gasteiger partial charge in [0.1, 0.15) is 0 Å². The van der Waals surface area contributed by atoms with Gasteiger partial charge in [0, 0.05) is 0 Å². The van der Waals surface area contributed by atoms with Crippen LogP contribution >= 0.6 is 0 Å². The van der Waals surface area contributed by atoms with Crippen LogP contribution in [0.5, 0.6) is 0 Å². The van der Waals surface area contributed by atoms with Gasteiger partial charge in [-0.05, 0) is 103 Å². The van der Waals surface area contributed by atoms with Crippen molar-refractivity contribution in [1.29, 1.82) is 0 Å². The number of ether oxygens (including phenoxy) is 1. The number of fused-ring (bicyclic) bond motifs is 1. The Morgan fingerprint density at radius 3 is 2.57 bits per heavy atom. The van der Waals surface area contributed by atoms with E-state index >= 15 is 0 Å². The number of aliphatic hydroxyl groups is 2. The molecule has 30 heavy (non-hydrogen) atoms. The van der Waals surface area contributed by atoms with Crippen LogP contribution in [0.15, 0.2) is 11.6 Å². The zero-order valence-corrected chi connectivity index (χ0v) is 20.8. The van der Waals surface area contributed by atoms with E-state index in [1.807, 2.05) is 6.92 Å². The zero-order chi connectivity index (χ0) is 22.4. The quantitative estimate of drug-likeness (QED) is 0.284. The molecule has 0 aromatic rings. The van der Waals surface area contributed by atoms with Crippen LogP contribution in [0.3, 0.4) is 0 Å². The van der Waals surface area contributed by atoms with E-state index in [9.17, 15) is 10.2 Å². The monoisotopic (exact) mass is 422 g/mol. The summed E-state index contributed by atoms with van der Waals surface area (Å²) >= 11 is 0.